The third kappa shape index (κ3) is 59.5. The maximum Gasteiger partial charge on any atom is 0.306 e. The van der Waals surface area contributed by atoms with Crippen LogP contribution in [0.2, 0.25) is 0 Å². The Morgan fingerprint density at radius 2 is 0.701 bits per heavy atom. The number of likely N-dealkylation sites (N-methyl/N-ethyl adjacent to an activating group) is 1. The largest absolute Gasteiger partial charge is 0.545 e. The quantitative estimate of drug-likeness (QED) is 0.0195. The van der Waals surface area contributed by atoms with E-state index in [2.05, 4.69) is 123 Å². The second kappa shape index (κ2) is 58.1. The number of quaternary nitrogens is 1. The zero-order valence-electron chi connectivity index (χ0n) is 50.0. The molecule has 0 spiro atoms. The minimum absolute atomic E-state index is 0.142. The monoisotopic (exact) mass is 1070 g/mol. The number of carboxylic acid groups (broad SMARTS) is 1. The van der Waals surface area contributed by atoms with E-state index < -0.39 is 24.3 Å². The lowest BCUT2D eigenvalue weighted by atomic mass is 10.0. The van der Waals surface area contributed by atoms with Crippen molar-refractivity contribution >= 4 is 17.9 Å². The molecule has 9 heteroatoms. The molecule has 0 amide bonds. The molecule has 0 aromatic heterocycles. The zero-order valence-corrected chi connectivity index (χ0v) is 50.0. The van der Waals surface area contributed by atoms with Crippen LogP contribution >= 0.6 is 0 Å². The molecular formula is C68H115NO8. The van der Waals surface area contributed by atoms with Gasteiger partial charge in [-0.25, -0.2) is 0 Å². The molecule has 0 N–H and O–H groups in total. The van der Waals surface area contributed by atoms with Gasteiger partial charge in [0.1, 0.15) is 13.2 Å². The lowest BCUT2D eigenvalue weighted by Crippen LogP contribution is -2.44. The SMILES string of the molecule is CC/C=C\C/C=C\C/C=C\C/C=C\C/C=C\CCCCCCCCCCCC(=O)OC(COC(=O)CCCCCCCCCCCCCCCC/C=C\C/C=C\C/C=C\C/C=C\CC)COC(OCC[N+](C)(C)C)C(=O)[O-]. The summed E-state index contributed by atoms with van der Waals surface area (Å²) in [5.41, 5.74) is 0. The molecule has 0 radical (unpaired) electrons. The van der Waals surface area contributed by atoms with Gasteiger partial charge in [0.15, 0.2) is 12.4 Å². The maximum absolute atomic E-state index is 12.9. The number of carboxylic acids is 1. The first-order valence-electron chi connectivity index (χ1n) is 31.0. The van der Waals surface area contributed by atoms with Crippen LogP contribution in [0.1, 0.15) is 245 Å². The standard InChI is InChI=1S/C68H115NO8/c1-6-8-10-12-14-16-18-20-22-24-26-28-30-32-33-35-36-38-40-42-44-46-48-50-52-54-56-58-65(70)75-62-64(63-76-68(67(72)73)74-61-60-69(3,4)5)77-66(71)59-57-55-53-51-49-47-45-43-41-39-37-34-31-29-27-25-23-21-19-17-15-13-11-9-7-2/h8-11,14-17,20-23,26-29,34,37,64,68H,6-7,12-13,18-19,24-25,30-33,35-36,38-63H2,1-5H3/b10-8-,11-9-,16-14-,17-15-,22-20-,23-21-,28-26-,29-27-,37-34-. The first-order valence-corrected chi connectivity index (χ1v) is 31.0. The van der Waals surface area contributed by atoms with Gasteiger partial charge in [0.2, 0.25) is 0 Å². The topological polar surface area (TPSA) is 111 Å². The fourth-order valence-corrected chi connectivity index (χ4v) is 8.32. The van der Waals surface area contributed by atoms with Crippen LogP contribution in [-0.4, -0.2) is 82.3 Å². The third-order valence-corrected chi connectivity index (χ3v) is 13.0. The van der Waals surface area contributed by atoms with Crippen LogP contribution in [0.15, 0.2) is 109 Å². The van der Waals surface area contributed by atoms with Crippen LogP contribution in [-0.2, 0) is 33.3 Å². The molecule has 2 unspecified atom stereocenters. The number of hydrogen-bond donors (Lipinski definition) is 0. The van der Waals surface area contributed by atoms with Gasteiger partial charge in [0.25, 0.3) is 0 Å². The van der Waals surface area contributed by atoms with E-state index in [1.54, 1.807) is 0 Å². The van der Waals surface area contributed by atoms with Crippen molar-refractivity contribution in [3.63, 3.8) is 0 Å². The van der Waals surface area contributed by atoms with Crippen LogP contribution in [0.25, 0.3) is 0 Å². The summed E-state index contributed by atoms with van der Waals surface area (Å²) in [6.45, 7) is 4.52. The van der Waals surface area contributed by atoms with E-state index in [0.29, 0.717) is 17.4 Å². The third-order valence-electron chi connectivity index (χ3n) is 13.0. The van der Waals surface area contributed by atoms with Crippen molar-refractivity contribution < 1.29 is 42.9 Å². The van der Waals surface area contributed by atoms with Crippen LogP contribution in [0.4, 0.5) is 0 Å². The van der Waals surface area contributed by atoms with E-state index >= 15 is 0 Å². The van der Waals surface area contributed by atoms with Crippen LogP contribution in [0, 0.1) is 0 Å². The van der Waals surface area contributed by atoms with E-state index in [-0.39, 0.29) is 38.6 Å². The van der Waals surface area contributed by atoms with Gasteiger partial charge in [0, 0.05) is 12.8 Å². The van der Waals surface area contributed by atoms with Gasteiger partial charge in [-0.3, -0.25) is 9.59 Å². The van der Waals surface area contributed by atoms with E-state index in [1.165, 1.54) is 109 Å². The number of nitrogens with zero attached hydrogens (tertiary/aromatic N) is 1. The van der Waals surface area contributed by atoms with Crippen molar-refractivity contribution in [3.8, 4) is 0 Å². The molecule has 9 nitrogen and oxygen atoms in total. The highest BCUT2D eigenvalue weighted by Gasteiger charge is 2.22. The highest BCUT2D eigenvalue weighted by Crippen LogP contribution is 2.16. The van der Waals surface area contributed by atoms with Crippen LogP contribution in [0.5, 0.6) is 0 Å². The molecule has 0 aromatic carbocycles. The number of esters is 2. The lowest BCUT2D eigenvalue weighted by Gasteiger charge is -2.26. The second-order valence-electron chi connectivity index (χ2n) is 21.6. The average molecular weight is 1070 g/mol. The summed E-state index contributed by atoms with van der Waals surface area (Å²) >= 11 is 0. The number of carbonyl (C=O) groups excluding carboxylic acids is 3. The van der Waals surface area contributed by atoms with Gasteiger partial charge >= 0.3 is 11.9 Å². The summed E-state index contributed by atoms with van der Waals surface area (Å²) in [4.78, 5) is 37.4. The molecule has 0 rings (SSSR count). The van der Waals surface area contributed by atoms with E-state index in [1.807, 2.05) is 21.1 Å². The van der Waals surface area contributed by atoms with Gasteiger partial charge in [-0.05, 0) is 96.3 Å². The Kier molecular flexibility index (Phi) is 55.1. The molecule has 0 aromatic rings. The smallest absolute Gasteiger partial charge is 0.306 e. The zero-order chi connectivity index (χ0) is 56.2. The Balaban J connectivity index is 4.22. The number of ether oxygens (including phenoxy) is 4. The van der Waals surface area contributed by atoms with Crippen molar-refractivity contribution in [2.45, 2.75) is 257 Å². The molecule has 0 aliphatic rings. The van der Waals surface area contributed by atoms with Gasteiger partial charge < -0.3 is 33.3 Å². The molecular weight excluding hydrogens is 959 g/mol. The van der Waals surface area contributed by atoms with Crippen molar-refractivity contribution in [1.82, 2.24) is 0 Å². The highest BCUT2D eigenvalue weighted by atomic mass is 16.7. The summed E-state index contributed by atoms with van der Waals surface area (Å²) in [5, 5.41) is 11.8. The summed E-state index contributed by atoms with van der Waals surface area (Å²) in [6.07, 6.45) is 77.1. The van der Waals surface area contributed by atoms with Crippen molar-refractivity contribution in [2.24, 2.45) is 0 Å². The van der Waals surface area contributed by atoms with Gasteiger partial charge in [-0.15, -0.1) is 0 Å². The highest BCUT2D eigenvalue weighted by molar-refractivity contribution is 5.70. The fourth-order valence-electron chi connectivity index (χ4n) is 8.32. The van der Waals surface area contributed by atoms with E-state index in [0.717, 1.165) is 103 Å². The van der Waals surface area contributed by atoms with Gasteiger partial charge in [0.05, 0.1) is 40.3 Å². The van der Waals surface area contributed by atoms with E-state index in [4.69, 9.17) is 18.9 Å². The summed E-state index contributed by atoms with van der Waals surface area (Å²) in [7, 11) is 5.92. The number of allylic oxidation sites excluding steroid dienone is 18. The summed E-state index contributed by atoms with van der Waals surface area (Å²) < 4.78 is 22.7. The molecule has 0 fully saturated rings. The van der Waals surface area contributed by atoms with Crippen LogP contribution in [0.3, 0.4) is 0 Å². The Morgan fingerprint density at radius 1 is 0.390 bits per heavy atom. The molecule has 0 saturated carbocycles. The summed E-state index contributed by atoms with van der Waals surface area (Å²) in [5.74, 6) is -2.29. The van der Waals surface area contributed by atoms with Crippen LogP contribution < -0.4 is 5.11 Å². The van der Waals surface area contributed by atoms with Crippen molar-refractivity contribution in [3.05, 3.63) is 109 Å². The molecule has 0 aliphatic carbocycles. The molecule has 0 saturated heterocycles. The normalized spacial score (nSPS) is 13.5. The Morgan fingerprint density at radius 3 is 1.04 bits per heavy atom. The van der Waals surface area contributed by atoms with E-state index in [9.17, 15) is 19.5 Å². The number of carbonyl (C=O) groups is 3. The Hall–Kier alpha value is -4.05. The molecule has 0 bridgehead atoms. The number of rotatable bonds is 56. The molecule has 77 heavy (non-hydrogen) atoms. The number of aliphatic carboxylic acids is 1. The summed E-state index contributed by atoms with van der Waals surface area (Å²) in [6, 6.07) is 0. The molecule has 440 valence electrons. The predicted molar refractivity (Wildman–Crippen MR) is 324 cm³/mol. The molecule has 2 atom stereocenters. The van der Waals surface area contributed by atoms with Gasteiger partial charge in [-0.1, -0.05) is 245 Å². The molecule has 0 aliphatic heterocycles. The minimum atomic E-state index is -1.63. The first-order chi connectivity index (χ1) is 37.6. The first kappa shape index (κ1) is 73.0. The average Bonchev–Trinajstić information content (AvgIpc) is 3.40. The maximum atomic E-state index is 12.9. The minimum Gasteiger partial charge on any atom is -0.545 e. The Labute approximate surface area is 473 Å². The number of hydrogen-bond acceptors (Lipinski definition) is 8. The fraction of sp³-hybridized carbons (Fsp3) is 0.691. The van der Waals surface area contributed by atoms with Crippen molar-refractivity contribution in [1.29, 1.82) is 0 Å². The second-order valence-corrected chi connectivity index (χ2v) is 21.6. The number of unbranched alkanes of at least 4 members (excludes halogenated alkanes) is 23. The Bertz CT molecular complexity index is 1630. The molecule has 0 heterocycles. The lowest BCUT2D eigenvalue weighted by molar-refractivity contribution is -0.870. The van der Waals surface area contributed by atoms with Gasteiger partial charge in [-0.2, -0.15) is 0 Å². The predicted octanol–water partition coefficient (Wildman–Crippen LogP) is 17.3. The van der Waals surface area contributed by atoms with Crippen molar-refractivity contribution in [2.75, 3.05) is 47.5 Å².